The fraction of sp³-hybridized carbons (Fsp3) is 0.500. The molecule has 8 rings (SSSR count). The Balaban J connectivity index is 0.823. The van der Waals surface area contributed by atoms with Gasteiger partial charge in [-0.05, 0) is 74.9 Å². The molecule has 0 spiro atoms. The number of benzene rings is 2. The molecule has 15 nitrogen and oxygen atoms in total. The van der Waals surface area contributed by atoms with E-state index in [0.29, 0.717) is 66.1 Å². The second-order valence-corrected chi connectivity index (χ2v) is 17.6. The highest BCUT2D eigenvalue weighted by molar-refractivity contribution is 7.89. The lowest BCUT2D eigenvalue weighted by Crippen LogP contribution is -2.53. The van der Waals surface area contributed by atoms with E-state index in [1.54, 1.807) is 27.7 Å². The monoisotopic (exact) mass is 789 g/mol. The molecule has 4 aliphatic rings. The van der Waals surface area contributed by atoms with Crippen molar-refractivity contribution < 1.29 is 18.0 Å². The quantitative estimate of drug-likeness (QED) is 0.252. The first-order chi connectivity index (χ1) is 26.5. The van der Waals surface area contributed by atoms with Gasteiger partial charge in [-0.25, -0.2) is 23.2 Å². The van der Waals surface area contributed by atoms with E-state index in [2.05, 4.69) is 59.5 Å². The number of rotatable bonds is 9. The summed E-state index contributed by atoms with van der Waals surface area (Å²) in [4.78, 5) is 41.9. The topological polar surface area (TPSA) is 152 Å². The van der Waals surface area contributed by atoms with Gasteiger partial charge in [0.05, 0.1) is 27.8 Å². The number of piperidine rings is 2. The van der Waals surface area contributed by atoms with Crippen molar-refractivity contribution in [2.75, 3.05) is 78.9 Å². The third-order valence-corrected chi connectivity index (χ3v) is 13.6. The molecule has 55 heavy (non-hydrogen) atoms. The summed E-state index contributed by atoms with van der Waals surface area (Å²) in [5, 5.41) is 11.7. The second kappa shape index (κ2) is 15.6. The lowest BCUT2D eigenvalue weighted by atomic mass is 9.95. The summed E-state index contributed by atoms with van der Waals surface area (Å²) in [6.07, 6.45) is 6.81. The van der Waals surface area contributed by atoms with Gasteiger partial charge < -0.3 is 15.1 Å². The second-order valence-electron chi connectivity index (χ2n) is 15.2. The number of sulfonamides is 1. The van der Waals surface area contributed by atoms with Crippen molar-refractivity contribution in [1.82, 2.24) is 34.3 Å². The number of urea groups is 1. The fourth-order valence-electron chi connectivity index (χ4n) is 8.49. The highest BCUT2D eigenvalue weighted by Gasteiger charge is 2.32. The van der Waals surface area contributed by atoms with Gasteiger partial charge in [-0.15, -0.1) is 0 Å². The highest BCUT2D eigenvalue weighted by Crippen LogP contribution is 2.33. The third-order valence-electron chi connectivity index (χ3n) is 11.5. The molecular weight excluding hydrogens is 742 g/mol. The van der Waals surface area contributed by atoms with Crippen LogP contribution < -0.4 is 25.3 Å². The minimum atomic E-state index is -3.62. The average molecular weight is 790 g/mol. The van der Waals surface area contributed by atoms with E-state index in [4.69, 9.17) is 11.6 Å². The summed E-state index contributed by atoms with van der Waals surface area (Å²) in [7, 11) is -1.73. The number of carbonyl (C=O) groups is 2. The Hall–Kier alpha value is -4.51. The van der Waals surface area contributed by atoms with E-state index in [9.17, 15) is 18.0 Å². The summed E-state index contributed by atoms with van der Waals surface area (Å²) >= 11 is 5.90. The maximum atomic E-state index is 13.7. The predicted molar refractivity (Wildman–Crippen MR) is 213 cm³/mol. The molecule has 0 unspecified atom stereocenters. The molecule has 4 aromatic rings. The van der Waals surface area contributed by atoms with Crippen LogP contribution in [0.1, 0.15) is 39.0 Å². The standard InChI is InChI=1S/C38H48ClN11O4S/c1-26-24-46(18-19-49(26)31-6-7-33-34(21-31)45(2)44-36(33)50-17-12-35(51)43-38(50)52)25-27-8-13-47(14-9-27)30-4-3-5-32(20-30)55(53,54)48-15-10-29(11-16-48)42-37-40-22-28(39)23-41-37/h3-7,20-23,26-27,29H,8-19,24-25H2,1-2H3,(H,40,41,42)(H,43,51,52)/t26-/m1/s1. The van der Waals surface area contributed by atoms with E-state index in [0.717, 1.165) is 74.4 Å². The zero-order chi connectivity index (χ0) is 38.3. The van der Waals surface area contributed by atoms with E-state index in [1.807, 2.05) is 36.0 Å². The Morgan fingerprint density at radius 1 is 0.909 bits per heavy atom. The number of piperazine rings is 1. The van der Waals surface area contributed by atoms with Crippen molar-refractivity contribution in [3.63, 3.8) is 0 Å². The first kappa shape index (κ1) is 37.4. The normalized spacial score (nSPS) is 21.4. The number of amides is 3. The van der Waals surface area contributed by atoms with Crippen molar-refractivity contribution in [3.05, 3.63) is 59.9 Å². The Kier molecular flexibility index (Phi) is 10.6. The van der Waals surface area contributed by atoms with Crippen molar-refractivity contribution in [2.24, 2.45) is 13.0 Å². The Bertz CT molecular complexity index is 2150. The van der Waals surface area contributed by atoms with Crippen molar-refractivity contribution in [2.45, 2.75) is 56.0 Å². The highest BCUT2D eigenvalue weighted by atomic mass is 35.5. The van der Waals surface area contributed by atoms with Crippen LogP contribution in [0.5, 0.6) is 0 Å². The molecule has 4 saturated heterocycles. The van der Waals surface area contributed by atoms with Gasteiger partial charge in [-0.2, -0.15) is 9.40 Å². The summed E-state index contributed by atoms with van der Waals surface area (Å²) in [6, 6.07) is 13.7. The van der Waals surface area contributed by atoms with Crippen LogP contribution in [-0.2, 0) is 21.9 Å². The number of carbonyl (C=O) groups excluding carboxylic acids is 2. The van der Waals surface area contributed by atoms with Gasteiger partial charge in [0.25, 0.3) is 0 Å². The third kappa shape index (κ3) is 7.95. The fourth-order valence-corrected chi connectivity index (χ4v) is 10.1. The molecule has 4 aliphatic heterocycles. The molecule has 6 heterocycles. The number of aryl methyl sites for hydroxylation is 1. The molecule has 17 heteroatoms. The van der Waals surface area contributed by atoms with E-state index in [1.165, 1.54) is 0 Å². The van der Waals surface area contributed by atoms with E-state index >= 15 is 0 Å². The molecule has 0 saturated carbocycles. The number of imide groups is 1. The summed E-state index contributed by atoms with van der Waals surface area (Å²) in [5.41, 5.74) is 3.04. The Morgan fingerprint density at radius 3 is 2.40 bits per heavy atom. The SMILES string of the molecule is C[C@@H]1CN(CC2CCN(c3cccc(S(=O)(=O)N4CCC(Nc5ncc(Cl)cn5)CC4)c3)CC2)CCN1c1ccc2c(N3CCC(=O)NC3=O)nn(C)c2c1. The number of nitrogens with zero attached hydrogens (tertiary/aromatic N) is 9. The summed E-state index contributed by atoms with van der Waals surface area (Å²) in [5.74, 6) is 1.39. The van der Waals surface area contributed by atoms with Crippen LogP contribution in [0.2, 0.25) is 5.02 Å². The maximum absolute atomic E-state index is 13.7. The molecule has 292 valence electrons. The molecule has 4 fully saturated rings. The molecule has 2 N–H and O–H groups in total. The van der Waals surface area contributed by atoms with Crippen LogP contribution in [0.15, 0.2) is 59.8 Å². The lowest BCUT2D eigenvalue weighted by molar-refractivity contribution is -0.120. The van der Waals surface area contributed by atoms with Gasteiger partial charge >= 0.3 is 6.03 Å². The smallest absolute Gasteiger partial charge is 0.329 e. The molecule has 3 amide bonds. The van der Waals surface area contributed by atoms with Crippen LogP contribution >= 0.6 is 11.6 Å². The van der Waals surface area contributed by atoms with Crippen LogP contribution in [0, 0.1) is 5.92 Å². The maximum Gasteiger partial charge on any atom is 0.329 e. The van der Waals surface area contributed by atoms with E-state index in [-0.39, 0.29) is 18.4 Å². The van der Waals surface area contributed by atoms with Crippen LogP contribution in [-0.4, -0.2) is 120 Å². The minimum Gasteiger partial charge on any atom is -0.371 e. The van der Waals surface area contributed by atoms with Crippen molar-refractivity contribution in [3.8, 4) is 0 Å². The predicted octanol–water partition coefficient (Wildman–Crippen LogP) is 4.16. The van der Waals surface area contributed by atoms with Crippen molar-refractivity contribution in [1.29, 1.82) is 0 Å². The van der Waals surface area contributed by atoms with E-state index < -0.39 is 16.1 Å². The number of hydrogen-bond acceptors (Lipinski definition) is 11. The van der Waals surface area contributed by atoms with Gasteiger partial charge in [-0.1, -0.05) is 17.7 Å². The number of nitrogens with one attached hydrogen (secondary N) is 2. The van der Waals surface area contributed by atoms with Gasteiger partial charge in [0, 0.05) is 101 Å². The van der Waals surface area contributed by atoms with Crippen LogP contribution in [0.25, 0.3) is 10.9 Å². The first-order valence-corrected chi connectivity index (χ1v) is 21.0. The molecule has 0 radical (unpaired) electrons. The molecule has 2 aromatic carbocycles. The van der Waals surface area contributed by atoms with Gasteiger partial charge in [-0.3, -0.25) is 24.6 Å². The Morgan fingerprint density at radius 2 is 1.67 bits per heavy atom. The molecule has 0 aliphatic carbocycles. The average Bonchev–Trinajstić information content (AvgIpc) is 3.51. The van der Waals surface area contributed by atoms with Crippen LogP contribution in [0.4, 0.5) is 27.9 Å². The molecule has 1 atom stereocenters. The zero-order valence-electron chi connectivity index (χ0n) is 31.3. The van der Waals surface area contributed by atoms with Gasteiger partial charge in [0.15, 0.2) is 5.82 Å². The van der Waals surface area contributed by atoms with Crippen LogP contribution in [0.3, 0.4) is 0 Å². The van der Waals surface area contributed by atoms with Gasteiger partial charge in [0.1, 0.15) is 0 Å². The molecule has 2 aromatic heterocycles. The van der Waals surface area contributed by atoms with Gasteiger partial charge in [0.2, 0.25) is 21.9 Å². The lowest BCUT2D eigenvalue weighted by Gasteiger charge is -2.43. The van der Waals surface area contributed by atoms with Crippen molar-refractivity contribution >= 4 is 67.6 Å². The largest absolute Gasteiger partial charge is 0.371 e. The Labute approximate surface area is 326 Å². The summed E-state index contributed by atoms with van der Waals surface area (Å²) in [6.45, 7) is 9.17. The number of fused-ring (bicyclic) bond motifs is 1. The molecule has 0 bridgehead atoms. The minimum absolute atomic E-state index is 0.0945. The first-order valence-electron chi connectivity index (χ1n) is 19.2. The number of aromatic nitrogens is 4. The molecular formula is C38H48ClN11O4S. The zero-order valence-corrected chi connectivity index (χ0v) is 32.8. The summed E-state index contributed by atoms with van der Waals surface area (Å²) < 4.78 is 30.8. The number of hydrogen-bond donors (Lipinski definition) is 2. The number of halogens is 1. The number of anilines is 4.